The molecule has 0 radical (unpaired) electrons. The normalized spacial score (nSPS) is 24.0. The first-order chi connectivity index (χ1) is 12.7. The Labute approximate surface area is 159 Å². The lowest BCUT2D eigenvalue weighted by Gasteiger charge is -2.50. The minimum absolute atomic E-state index is 0.217. The molecule has 3 aliphatic rings. The van der Waals surface area contributed by atoms with Crippen LogP contribution < -0.4 is 4.74 Å². The number of likely N-dealkylation sites (tertiary alicyclic amines) is 1. The third kappa shape index (κ3) is 2.43. The molecule has 134 valence electrons. The van der Waals surface area contributed by atoms with Gasteiger partial charge in [-0.1, -0.05) is 48.0 Å². The molecule has 5 rings (SSSR count). The van der Waals surface area contributed by atoms with E-state index in [0.29, 0.717) is 0 Å². The van der Waals surface area contributed by atoms with Crippen molar-refractivity contribution >= 4 is 17.3 Å². The molecule has 0 aromatic heterocycles. The molecule has 3 heterocycles. The standard InChI is InChI=1S/C21H22ClN3O/c1-24-12-10-21(11-13-24)25-19(16-7-3-5-9-20(16)26-21)14-18(23-25)15-6-2-4-8-17(15)22/h2-9,19H,10-14H2,1H3/t19-/m1/s1. The molecule has 1 fully saturated rings. The van der Waals surface area contributed by atoms with Gasteiger partial charge in [-0.15, -0.1) is 0 Å². The summed E-state index contributed by atoms with van der Waals surface area (Å²) in [5.74, 6) is 1.01. The lowest BCUT2D eigenvalue weighted by molar-refractivity contribution is -0.147. The van der Waals surface area contributed by atoms with Crippen molar-refractivity contribution in [2.75, 3.05) is 20.1 Å². The number of hydrogen-bond acceptors (Lipinski definition) is 4. The Balaban J connectivity index is 1.60. The Morgan fingerprint density at radius 1 is 1.08 bits per heavy atom. The predicted octanol–water partition coefficient (Wildman–Crippen LogP) is 4.31. The summed E-state index contributed by atoms with van der Waals surface area (Å²) in [4.78, 5) is 2.36. The molecule has 0 amide bonds. The fraction of sp³-hybridized carbons (Fsp3) is 0.381. The number of halogens is 1. The van der Waals surface area contributed by atoms with Crippen molar-refractivity contribution in [3.63, 3.8) is 0 Å². The molecule has 1 saturated heterocycles. The second-order valence-electron chi connectivity index (χ2n) is 7.48. The highest BCUT2D eigenvalue weighted by atomic mass is 35.5. The first-order valence-corrected chi connectivity index (χ1v) is 9.62. The second-order valence-corrected chi connectivity index (χ2v) is 7.89. The Bertz CT molecular complexity index is 873. The van der Waals surface area contributed by atoms with E-state index in [-0.39, 0.29) is 11.8 Å². The SMILES string of the molecule is CN1CCC2(CC1)Oc1ccccc1[C@H]1CC(c3ccccc3Cl)=NN12. The van der Waals surface area contributed by atoms with Gasteiger partial charge < -0.3 is 9.64 Å². The topological polar surface area (TPSA) is 28.1 Å². The molecule has 26 heavy (non-hydrogen) atoms. The molecule has 3 aliphatic heterocycles. The highest BCUT2D eigenvalue weighted by Crippen LogP contribution is 2.50. The maximum Gasteiger partial charge on any atom is 0.200 e. The van der Waals surface area contributed by atoms with Gasteiger partial charge in [-0.25, -0.2) is 5.01 Å². The van der Waals surface area contributed by atoms with Crippen molar-refractivity contribution in [1.82, 2.24) is 9.91 Å². The third-order valence-electron chi connectivity index (χ3n) is 5.86. The molecule has 4 nitrogen and oxygen atoms in total. The number of para-hydroxylation sites is 1. The number of rotatable bonds is 1. The van der Waals surface area contributed by atoms with Gasteiger partial charge in [0.1, 0.15) is 5.75 Å². The third-order valence-corrected chi connectivity index (χ3v) is 6.19. The van der Waals surface area contributed by atoms with E-state index >= 15 is 0 Å². The Morgan fingerprint density at radius 3 is 2.62 bits per heavy atom. The van der Waals surface area contributed by atoms with E-state index in [1.54, 1.807) is 0 Å². The van der Waals surface area contributed by atoms with E-state index in [1.807, 2.05) is 18.2 Å². The Morgan fingerprint density at radius 2 is 1.81 bits per heavy atom. The van der Waals surface area contributed by atoms with Crippen molar-refractivity contribution in [3.8, 4) is 5.75 Å². The van der Waals surface area contributed by atoms with Crippen LogP contribution >= 0.6 is 11.6 Å². The van der Waals surface area contributed by atoms with Crippen LogP contribution in [0.5, 0.6) is 5.75 Å². The second kappa shape index (κ2) is 6.00. The fourth-order valence-electron chi connectivity index (χ4n) is 4.39. The Hall–Kier alpha value is -2.04. The van der Waals surface area contributed by atoms with Gasteiger partial charge in [-0.05, 0) is 19.2 Å². The van der Waals surface area contributed by atoms with Gasteiger partial charge in [-0.2, -0.15) is 5.10 Å². The van der Waals surface area contributed by atoms with E-state index < -0.39 is 0 Å². The minimum Gasteiger partial charge on any atom is -0.466 e. The van der Waals surface area contributed by atoms with E-state index in [2.05, 4.69) is 47.3 Å². The van der Waals surface area contributed by atoms with Gasteiger partial charge in [0.2, 0.25) is 5.72 Å². The predicted molar refractivity (Wildman–Crippen MR) is 104 cm³/mol. The first kappa shape index (κ1) is 16.2. The van der Waals surface area contributed by atoms with Crippen molar-refractivity contribution in [2.45, 2.75) is 31.0 Å². The van der Waals surface area contributed by atoms with Gasteiger partial charge in [-0.3, -0.25) is 0 Å². The molecular weight excluding hydrogens is 346 g/mol. The molecular formula is C21H22ClN3O. The maximum atomic E-state index is 6.60. The number of benzene rings is 2. The molecule has 0 unspecified atom stereocenters. The summed E-state index contributed by atoms with van der Waals surface area (Å²) < 4.78 is 6.60. The van der Waals surface area contributed by atoms with Crippen LogP contribution in [0.15, 0.2) is 53.6 Å². The largest absolute Gasteiger partial charge is 0.466 e. The summed E-state index contributed by atoms with van der Waals surface area (Å²) in [6.07, 6.45) is 2.77. The number of nitrogens with zero attached hydrogens (tertiary/aromatic N) is 3. The molecule has 2 aromatic carbocycles. The van der Waals surface area contributed by atoms with Crippen molar-refractivity contribution in [2.24, 2.45) is 5.10 Å². The van der Waals surface area contributed by atoms with Crippen LogP contribution in [-0.4, -0.2) is 41.5 Å². The lowest BCUT2D eigenvalue weighted by Crippen LogP contribution is -2.58. The molecule has 0 N–H and O–H groups in total. The molecule has 2 aromatic rings. The average molecular weight is 368 g/mol. The Kier molecular flexibility index (Phi) is 3.73. The molecule has 5 heteroatoms. The van der Waals surface area contributed by atoms with Gasteiger partial charge in [0.05, 0.1) is 11.8 Å². The number of ether oxygens (including phenoxy) is 1. The summed E-state index contributed by atoms with van der Waals surface area (Å²) in [7, 11) is 2.17. The van der Waals surface area contributed by atoms with Crippen LogP contribution in [0.3, 0.4) is 0 Å². The van der Waals surface area contributed by atoms with E-state index in [9.17, 15) is 0 Å². The van der Waals surface area contributed by atoms with Crippen LogP contribution in [-0.2, 0) is 0 Å². The number of hydrazone groups is 1. The van der Waals surface area contributed by atoms with Crippen LogP contribution in [0.25, 0.3) is 0 Å². The van der Waals surface area contributed by atoms with Gasteiger partial charge in [0.25, 0.3) is 0 Å². The van der Waals surface area contributed by atoms with Gasteiger partial charge in [0.15, 0.2) is 0 Å². The van der Waals surface area contributed by atoms with Crippen molar-refractivity contribution in [3.05, 3.63) is 64.7 Å². The minimum atomic E-state index is -0.353. The average Bonchev–Trinajstić information content (AvgIpc) is 3.11. The smallest absolute Gasteiger partial charge is 0.200 e. The maximum absolute atomic E-state index is 6.60. The molecule has 0 saturated carbocycles. The summed E-state index contributed by atoms with van der Waals surface area (Å²) >= 11 is 6.46. The number of hydrogen-bond donors (Lipinski definition) is 0. The molecule has 1 atom stereocenters. The first-order valence-electron chi connectivity index (χ1n) is 9.24. The van der Waals surface area contributed by atoms with Gasteiger partial charge in [0, 0.05) is 48.5 Å². The quantitative estimate of drug-likeness (QED) is 0.752. The van der Waals surface area contributed by atoms with Crippen molar-refractivity contribution in [1.29, 1.82) is 0 Å². The molecule has 1 spiro atoms. The highest BCUT2D eigenvalue weighted by molar-refractivity contribution is 6.34. The van der Waals surface area contributed by atoms with E-state index in [0.717, 1.165) is 54.4 Å². The summed E-state index contributed by atoms with van der Waals surface area (Å²) in [6, 6.07) is 16.6. The van der Waals surface area contributed by atoms with Crippen LogP contribution in [0, 0.1) is 0 Å². The number of fused-ring (bicyclic) bond motifs is 4. The summed E-state index contributed by atoms with van der Waals surface area (Å²) in [5.41, 5.74) is 2.96. The zero-order valence-corrected chi connectivity index (χ0v) is 15.6. The highest BCUT2D eigenvalue weighted by Gasteiger charge is 2.51. The number of piperidine rings is 1. The van der Waals surface area contributed by atoms with E-state index in [1.165, 1.54) is 5.56 Å². The van der Waals surface area contributed by atoms with Crippen molar-refractivity contribution < 1.29 is 4.74 Å². The van der Waals surface area contributed by atoms with Crippen LogP contribution in [0.4, 0.5) is 0 Å². The monoisotopic (exact) mass is 367 g/mol. The van der Waals surface area contributed by atoms with E-state index in [4.69, 9.17) is 21.4 Å². The summed E-state index contributed by atoms with van der Waals surface area (Å²) in [5, 5.41) is 8.06. The van der Waals surface area contributed by atoms with Crippen LogP contribution in [0.1, 0.15) is 36.4 Å². The molecule has 0 bridgehead atoms. The summed E-state index contributed by atoms with van der Waals surface area (Å²) in [6.45, 7) is 2.03. The molecule has 0 aliphatic carbocycles. The zero-order chi connectivity index (χ0) is 17.7. The van der Waals surface area contributed by atoms with Crippen LogP contribution in [0.2, 0.25) is 5.02 Å². The zero-order valence-electron chi connectivity index (χ0n) is 14.9. The van der Waals surface area contributed by atoms with Gasteiger partial charge >= 0.3 is 0 Å². The lowest BCUT2D eigenvalue weighted by atomic mass is 9.91. The fourth-order valence-corrected chi connectivity index (χ4v) is 4.63.